The number of nitrogens with one attached hydrogen (secondary N) is 1. The van der Waals surface area contributed by atoms with Crippen LogP contribution in [0.25, 0.3) is 0 Å². The molecule has 0 heterocycles. The number of carbonyl (C=O) groups is 2. The van der Waals surface area contributed by atoms with Crippen molar-refractivity contribution in [2.75, 3.05) is 5.32 Å². The van der Waals surface area contributed by atoms with Crippen LogP contribution in [0.5, 0.6) is 0 Å². The van der Waals surface area contributed by atoms with Crippen molar-refractivity contribution < 1.29 is 9.59 Å². The first-order valence-corrected chi connectivity index (χ1v) is 6.81. The third-order valence-corrected chi connectivity index (χ3v) is 3.63. The number of hydrogen-bond acceptors (Lipinski definition) is 2. The van der Waals surface area contributed by atoms with Gasteiger partial charge in [0.05, 0.1) is 16.1 Å². The fraction of sp³-hybridized carbons (Fsp3) is 0. The Morgan fingerprint density at radius 2 is 1.80 bits per heavy atom. The van der Waals surface area contributed by atoms with Gasteiger partial charge in [-0.15, -0.1) is 0 Å². The van der Waals surface area contributed by atoms with Crippen molar-refractivity contribution in [3.8, 4) is 0 Å². The molecule has 2 aromatic carbocycles. The molecule has 0 bridgehead atoms. The van der Waals surface area contributed by atoms with E-state index in [-0.39, 0.29) is 16.5 Å². The summed E-state index contributed by atoms with van der Waals surface area (Å²) >= 11 is 9.15. The second kappa shape index (κ2) is 6.07. The third-order valence-electron chi connectivity index (χ3n) is 2.61. The summed E-state index contributed by atoms with van der Waals surface area (Å²) in [6.45, 7) is 0. The molecule has 0 unspecified atom stereocenters. The fourth-order valence-electron chi connectivity index (χ4n) is 1.64. The molecule has 0 saturated carbocycles. The summed E-state index contributed by atoms with van der Waals surface area (Å²) in [5, 5.41) is 2.93. The number of carbonyl (C=O) groups excluding carboxylic acids is 2. The zero-order chi connectivity index (χ0) is 14.7. The quantitative estimate of drug-likeness (QED) is 0.887. The molecular formula is C14H10BrClN2O2. The molecule has 0 saturated heterocycles. The second-order valence-corrected chi connectivity index (χ2v) is 5.25. The maximum Gasteiger partial charge on any atom is 0.256 e. The van der Waals surface area contributed by atoms with Crippen molar-refractivity contribution in [3.05, 3.63) is 63.1 Å². The lowest BCUT2D eigenvalue weighted by Crippen LogP contribution is -2.15. The lowest BCUT2D eigenvalue weighted by Gasteiger charge is -2.08. The average molecular weight is 354 g/mol. The highest BCUT2D eigenvalue weighted by Gasteiger charge is 2.12. The molecule has 0 aliphatic heterocycles. The van der Waals surface area contributed by atoms with Gasteiger partial charge in [-0.1, -0.05) is 23.7 Å². The minimum atomic E-state index is -0.646. The Labute approximate surface area is 129 Å². The Balaban J connectivity index is 2.27. The molecule has 0 fully saturated rings. The van der Waals surface area contributed by atoms with Crippen LogP contribution in [-0.4, -0.2) is 11.8 Å². The third kappa shape index (κ3) is 3.18. The lowest BCUT2D eigenvalue weighted by atomic mass is 10.1. The summed E-state index contributed by atoms with van der Waals surface area (Å²) in [6, 6.07) is 11.6. The molecule has 4 nitrogen and oxygen atoms in total. The van der Waals surface area contributed by atoms with Crippen molar-refractivity contribution in [1.82, 2.24) is 0 Å². The van der Waals surface area contributed by atoms with Crippen LogP contribution in [0.15, 0.2) is 46.9 Å². The largest absolute Gasteiger partial charge is 0.366 e. The molecule has 0 radical (unpaired) electrons. The highest BCUT2D eigenvalue weighted by molar-refractivity contribution is 9.10. The van der Waals surface area contributed by atoms with Crippen molar-refractivity contribution in [2.45, 2.75) is 0 Å². The van der Waals surface area contributed by atoms with E-state index in [4.69, 9.17) is 17.3 Å². The number of primary amides is 1. The van der Waals surface area contributed by atoms with Crippen LogP contribution >= 0.6 is 27.5 Å². The van der Waals surface area contributed by atoms with Crippen LogP contribution in [0.3, 0.4) is 0 Å². The van der Waals surface area contributed by atoms with E-state index in [9.17, 15) is 9.59 Å². The molecule has 6 heteroatoms. The molecular weight excluding hydrogens is 344 g/mol. The van der Waals surface area contributed by atoms with Crippen LogP contribution in [0.2, 0.25) is 5.02 Å². The molecule has 102 valence electrons. The summed E-state index contributed by atoms with van der Waals surface area (Å²) in [5.74, 6) is -0.942. The van der Waals surface area contributed by atoms with Crippen LogP contribution < -0.4 is 11.1 Å². The number of halogens is 2. The van der Waals surface area contributed by atoms with Gasteiger partial charge in [-0.25, -0.2) is 0 Å². The maximum atomic E-state index is 12.1. The van der Waals surface area contributed by atoms with Gasteiger partial charge in [-0.3, -0.25) is 9.59 Å². The van der Waals surface area contributed by atoms with Gasteiger partial charge in [0.25, 0.3) is 5.91 Å². The van der Waals surface area contributed by atoms with Crippen molar-refractivity contribution in [3.63, 3.8) is 0 Å². The van der Waals surface area contributed by atoms with Crippen LogP contribution in [-0.2, 0) is 0 Å². The number of amides is 2. The number of nitrogens with two attached hydrogens (primary N) is 1. The van der Waals surface area contributed by atoms with E-state index in [0.717, 1.165) is 0 Å². The first-order chi connectivity index (χ1) is 9.49. The zero-order valence-electron chi connectivity index (χ0n) is 10.2. The van der Waals surface area contributed by atoms with Gasteiger partial charge in [0.15, 0.2) is 0 Å². The average Bonchev–Trinajstić information content (AvgIpc) is 2.41. The van der Waals surface area contributed by atoms with Gasteiger partial charge < -0.3 is 11.1 Å². The van der Waals surface area contributed by atoms with E-state index in [1.807, 2.05) is 6.07 Å². The topological polar surface area (TPSA) is 72.2 Å². The SMILES string of the molecule is NC(=O)c1cc(NC(=O)c2ccccc2Br)ccc1Cl. The molecule has 2 rings (SSSR count). The van der Waals surface area contributed by atoms with E-state index in [2.05, 4.69) is 21.2 Å². The normalized spacial score (nSPS) is 10.1. The van der Waals surface area contributed by atoms with Crippen molar-refractivity contribution >= 4 is 45.0 Å². The van der Waals surface area contributed by atoms with Crippen molar-refractivity contribution in [1.29, 1.82) is 0 Å². The molecule has 0 aromatic heterocycles. The number of anilines is 1. The van der Waals surface area contributed by atoms with Crippen LogP contribution in [0, 0.1) is 0 Å². The monoisotopic (exact) mass is 352 g/mol. The summed E-state index contributed by atoms with van der Waals surface area (Å²) in [7, 11) is 0. The first kappa shape index (κ1) is 14.6. The summed E-state index contributed by atoms with van der Waals surface area (Å²) in [5.41, 5.74) is 6.31. The molecule has 20 heavy (non-hydrogen) atoms. The van der Waals surface area contributed by atoms with Gasteiger partial charge in [0, 0.05) is 10.2 Å². The van der Waals surface area contributed by atoms with Gasteiger partial charge in [-0.2, -0.15) is 0 Å². The standard InChI is InChI=1S/C14H10BrClN2O2/c15-11-4-2-1-3-9(11)14(20)18-8-5-6-12(16)10(7-8)13(17)19/h1-7H,(H2,17,19)(H,18,20). The van der Waals surface area contributed by atoms with E-state index in [0.29, 0.717) is 15.7 Å². The Morgan fingerprint density at radius 1 is 1.10 bits per heavy atom. The predicted octanol–water partition coefficient (Wildman–Crippen LogP) is 3.45. The second-order valence-electron chi connectivity index (χ2n) is 3.99. The number of hydrogen-bond donors (Lipinski definition) is 2. The fourth-order valence-corrected chi connectivity index (χ4v) is 2.31. The molecule has 0 aliphatic rings. The van der Waals surface area contributed by atoms with Crippen molar-refractivity contribution in [2.24, 2.45) is 5.73 Å². The zero-order valence-corrected chi connectivity index (χ0v) is 12.5. The Hall–Kier alpha value is -1.85. The Kier molecular flexibility index (Phi) is 4.42. The number of rotatable bonds is 3. The minimum absolute atomic E-state index is 0.164. The smallest absolute Gasteiger partial charge is 0.256 e. The first-order valence-electron chi connectivity index (χ1n) is 5.64. The highest BCUT2D eigenvalue weighted by atomic mass is 79.9. The summed E-state index contributed by atoms with van der Waals surface area (Å²) in [4.78, 5) is 23.3. The highest BCUT2D eigenvalue weighted by Crippen LogP contribution is 2.22. The van der Waals surface area contributed by atoms with Gasteiger partial charge in [0.1, 0.15) is 0 Å². The van der Waals surface area contributed by atoms with E-state index < -0.39 is 5.91 Å². The molecule has 3 N–H and O–H groups in total. The molecule has 0 aliphatic carbocycles. The van der Waals surface area contributed by atoms with E-state index in [1.54, 1.807) is 24.3 Å². The lowest BCUT2D eigenvalue weighted by molar-refractivity contribution is 0.0996. The van der Waals surface area contributed by atoms with Crippen LogP contribution in [0.4, 0.5) is 5.69 Å². The Morgan fingerprint density at radius 3 is 2.45 bits per heavy atom. The van der Waals surface area contributed by atoms with Gasteiger partial charge in [0.2, 0.25) is 5.91 Å². The summed E-state index contributed by atoms with van der Waals surface area (Å²) < 4.78 is 0.682. The molecule has 0 spiro atoms. The molecule has 2 aromatic rings. The minimum Gasteiger partial charge on any atom is -0.366 e. The van der Waals surface area contributed by atoms with Crippen LogP contribution in [0.1, 0.15) is 20.7 Å². The maximum absolute atomic E-state index is 12.1. The predicted molar refractivity (Wildman–Crippen MR) is 82.1 cm³/mol. The number of benzene rings is 2. The van der Waals surface area contributed by atoms with E-state index >= 15 is 0 Å². The van der Waals surface area contributed by atoms with Gasteiger partial charge >= 0.3 is 0 Å². The summed E-state index contributed by atoms with van der Waals surface area (Å²) in [6.07, 6.45) is 0. The molecule has 0 atom stereocenters. The molecule has 2 amide bonds. The van der Waals surface area contributed by atoms with E-state index in [1.165, 1.54) is 12.1 Å². The van der Waals surface area contributed by atoms with Gasteiger partial charge in [-0.05, 0) is 46.3 Å². The Bertz CT molecular complexity index is 689.